The number of carbonyl (C=O) groups excluding carboxylic acids is 1. The first-order chi connectivity index (χ1) is 8.53. The lowest BCUT2D eigenvalue weighted by Gasteiger charge is -2.26. The standard InChI is InChI=1S/C13H19N3O2/c1-13(2,8-15-12(17)16-14)10-3-4-11-9(7-10)5-6-18-11/h3-4,7H,5-6,8,14H2,1-2H3,(H2,15,16,17). The molecule has 0 bridgehead atoms. The molecule has 1 aromatic rings. The van der Waals surface area contributed by atoms with Crippen LogP contribution >= 0.6 is 0 Å². The van der Waals surface area contributed by atoms with Gasteiger partial charge in [-0.05, 0) is 17.2 Å². The van der Waals surface area contributed by atoms with E-state index in [4.69, 9.17) is 10.6 Å². The third kappa shape index (κ3) is 2.56. The summed E-state index contributed by atoms with van der Waals surface area (Å²) in [6.07, 6.45) is 0.954. The van der Waals surface area contributed by atoms with Gasteiger partial charge in [-0.1, -0.05) is 26.0 Å². The molecule has 0 fully saturated rings. The van der Waals surface area contributed by atoms with Gasteiger partial charge in [0.05, 0.1) is 6.61 Å². The van der Waals surface area contributed by atoms with Crippen molar-refractivity contribution in [2.45, 2.75) is 25.7 Å². The van der Waals surface area contributed by atoms with E-state index in [1.165, 1.54) is 11.1 Å². The molecule has 5 nitrogen and oxygen atoms in total. The van der Waals surface area contributed by atoms with E-state index in [9.17, 15) is 4.79 Å². The van der Waals surface area contributed by atoms with Crippen LogP contribution in [0.2, 0.25) is 0 Å². The summed E-state index contributed by atoms with van der Waals surface area (Å²) >= 11 is 0. The third-order valence-electron chi connectivity index (χ3n) is 3.29. The number of hydrogen-bond donors (Lipinski definition) is 3. The molecule has 0 saturated carbocycles. The van der Waals surface area contributed by atoms with Crippen LogP contribution in [0.25, 0.3) is 0 Å². The number of rotatable bonds is 3. The van der Waals surface area contributed by atoms with Gasteiger partial charge in [0.15, 0.2) is 0 Å². The van der Waals surface area contributed by atoms with Crippen LogP contribution in [-0.4, -0.2) is 19.2 Å². The smallest absolute Gasteiger partial charge is 0.328 e. The maximum atomic E-state index is 11.1. The average molecular weight is 249 g/mol. The van der Waals surface area contributed by atoms with Crippen molar-refractivity contribution in [2.24, 2.45) is 5.84 Å². The minimum atomic E-state index is -0.368. The summed E-state index contributed by atoms with van der Waals surface area (Å²) in [5.74, 6) is 6.01. The van der Waals surface area contributed by atoms with Crippen LogP contribution in [0.4, 0.5) is 4.79 Å². The topological polar surface area (TPSA) is 76.4 Å². The predicted molar refractivity (Wildman–Crippen MR) is 69.4 cm³/mol. The molecule has 0 saturated heterocycles. The SMILES string of the molecule is CC(C)(CNC(=O)NN)c1ccc2c(c1)CCO2. The Morgan fingerprint density at radius 1 is 1.50 bits per heavy atom. The molecule has 0 atom stereocenters. The summed E-state index contributed by atoms with van der Waals surface area (Å²) in [7, 11) is 0. The maximum absolute atomic E-state index is 11.1. The van der Waals surface area contributed by atoms with Crippen molar-refractivity contribution in [1.82, 2.24) is 10.7 Å². The quantitative estimate of drug-likeness (QED) is 0.426. The molecule has 0 spiro atoms. The van der Waals surface area contributed by atoms with Gasteiger partial charge in [-0.15, -0.1) is 0 Å². The van der Waals surface area contributed by atoms with Gasteiger partial charge >= 0.3 is 6.03 Å². The summed E-state index contributed by atoms with van der Waals surface area (Å²) in [5.41, 5.74) is 4.34. The van der Waals surface area contributed by atoms with E-state index < -0.39 is 0 Å². The van der Waals surface area contributed by atoms with Gasteiger partial charge in [-0.25, -0.2) is 10.6 Å². The van der Waals surface area contributed by atoms with E-state index in [0.29, 0.717) is 6.54 Å². The fourth-order valence-corrected chi connectivity index (χ4v) is 2.06. The zero-order chi connectivity index (χ0) is 13.2. The molecule has 98 valence electrons. The van der Waals surface area contributed by atoms with Crippen molar-refractivity contribution in [3.05, 3.63) is 29.3 Å². The van der Waals surface area contributed by atoms with Gasteiger partial charge < -0.3 is 10.1 Å². The second kappa shape index (κ2) is 4.86. The van der Waals surface area contributed by atoms with E-state index in [0.717, 1.165) is 18.8 Å². The van der Waals surface area contributed by atoms with Crippen molar-refractivity contribution >= 4 is 6.03 Å². The fourth-order valence-electron chi connectivity index (χ4n) is 2.06. The van der Waals surface area contributed by atoms with Gasteiger partial charge in [0, 0.05) is 18.4 Å². The second-order valence-corrected chi connectivity index (χ2v) is 5.13. The summed E-state index contributed by atoms with van der Waals surface area (Å²) in [5, 5.41) is 2.73. The van der Waals surface area contributed by atoms with Gasteiger partial charge in [0.1, 0.15) is 5.75 Å². The number of fused-ring (bicyclic) bond motifs is 1. The van der Waals surface area contributed by atoms with E-state index in [1.54, 1.807) is 0 Å². The first kappa shape index (κ1) is 12.7. The molecule has 4 N–H and O–H groups in total. The normalized spacial score (nSPS) is 13.7. The van der Waals surface area contributed by atoms with Gasteiger partial charge in [-0.2, -0.15) is 0 Å². The van der Waals surface area contributed by atoms with Crippen molar-refractivity contribution in [1.29, 1.82) is 0 Å². The number of ether oxygens (including phenoxy) is 1. The van der Waals surface area contributed by atoms with Crippen LogP contribution in [-0.2, 0) is 11.8 Å². The zero-order valence-corrected chi connectivity index (χ0v) is 10.7. The Hall–Kier alpha value is -1.75. The van der Waals surface area contributed by atoms with Crippen LogP contribution < -0.4 is 21.3 Å². The van der Waals surface area contributed by atoms with E-state index in [2.05, 4.69) is 30.7 Å². The molecule has 18 heavy (non-hydrogen) atoms. The number of urea groups is 1. The van der Waals surface area contributed by atoms with Crippen LogP contribution in [0.15, 0.2) is 18.2 Å². The van der Waals surface area contributed by atoms with Gasteiger partial charge in [-0.3, -0.25) is 5.43 Å². The molecule has 2 rings (SSSR count). The van der Waals surface area contributed by atoms with Crippen molar-refractivity contribution in [3.8, 4) is 5.75 Å². The Morgan fingerprint density at radius 3 is 3.00 bits per heavy atom. The molecule has 2 amide bonds. The molecule has 1 aromatic carbocycles. The molecular weight excluding hydrogens is 230 g/mol. The Labute approximate surface area is 107 Å². The van der Waals surface area contributed by atoms with Gasteiger partial charge in [0.25, 0.3) is 0 Å². The summed E-state index contributed by atoms with van der Waals surface area (Å²) < 4.78 is 5.49. The van der Waals surface area contributed by atoms with Gasteiger partial charge in [0.2, 0.25) is 0 Å². The zero-order valence-electron chi connectivity index (χ0n) is 10.7. The highest BCUT2D eigenvalue weighted by atomic mass is 16.5. The van der Waals surface area contributed by atoms with Crippen LogP contribution in [0.3, 0.4) is 0 Å². The highest BCUT2D eigenvalue weighted by Crippen LogP contribution is 2.31. The molecule has 0 aromatic heterocycles. The number of carbonyl (C=O) groups is 1. The predicted octanol–water partition coefficient (Wildman–Crippen LogP) is 1.07. The van der Waals surface area contributed by atoms with Crippen molar-refractivity contribution in [3.63, 3.8) is 0 Å². The highest BCUT2D eigenvalue weighted by molar-refractivity contribution is 5.73. The third-order valence-corrected chi connectivity index (χ3v) is 3.29. The van der Waals surface area contributed by atoms with E-state index in [1.807, 2.05) is 12.1 Å². The minimum Gasteiger partial charge on any atom is -0.493 e. The minimum absolute atomic E-state index is 0.149. The summed E-state index contributed by atoms with van der Waals surface area (Å²) in [6.45, 7) is 5.45. The summed E-state index contributed by atoms with van der Waals surface area (Å²) in [4.78, 5) is 11.1. The first-order valence-electron chi connectivity index (χ1n) is 6.03. The summed E-state index contributed by atoms with van der Waals surface area (Å²) in [6, 6.07) is 5.84. The highest BCUT2D eigenvalue weighted by Gasteiger charge is 2.23. The molecule has 1 aliphatic rings. The molecule has 0 aliphatic carbocycles. The average Bonchev–Trinajstić information content (AvgIpc) is 2.83. The number of amides is 2. The monoisotopic (exact) mass is 249 g/mol. The fraction of sp³-hybridized carbons (Fsp3) is 0.462. The van der Waals surface area contributed by atoms with Crippen LogP contribution in [0.1, 0.15) is 25.0 Å². The molecule has 1 heterocycles. The number of benzene rings is 1. The van der Waals surface area contributed by atoms with E-state index in [-0.39, 0.29) is 11.4 Å². The number of hydrazine groups is 1. The number of hydrogen-bond acceptors (Lipinski definition) is 3. The Balaban J connectivity index is 2.11. The van der Waals surface area contributed by atoms with Crippen molar-refractivity contribution in [2.75, 3.05) is 13.2 Å². The second-order valence-electron chi connectivity index (χ2n) is 5.13. The lowest BCUT2D eigenvalue weighted by atomic mass is 9.83. The first-order valence-corrected chi connectivity index (χ1v) is 6.03. The Morgan fingerprint density at radius 2 is 2.28 bits per heavy atom. The number of nitrogens with one attached hydrogen (secondary N) is 2. The van der Waals surface area contributed by atoms with Crippen LogP contribution in [0, 0.1) is 0 Å². The molecular formula is C13H19N3O2. The van der Waals surface area contributed by atoms with Crippen molar-refractivity contribution < 1.29 is 9.53 Å². The maximum Gasteiger partial charge on any atom is 0.328 e. The Kier molecular flexibility index (Phi) is 3.43. The molecule has 0 unspecified atom stereocenters. The van der Waals surface area contributed by atoms with E-state index >= 15 is 0 Å². The Bertz CT molecular complexity index is 458. The molecule has 5 heteroatoms. The molecule has 1 aliphatic heterocycles. The lowest BCUT2D eigenvalue weighted by Crippen LogP contribution is -2.44. The largest absolute Gasteiger partial charge is 0.493 e. The van der Waals surface area contributed by atoms with Crippen LogP contribution in [0.5, 0.6) is 5.75 Å². The molecule has 0 radical (unpaired) electrons. The number of nitrogens with two attached hydrogens (primary N) is 1. The lowest BCUT2D eigenvalue weighted by molar-refractivity contribution is 0.238.